The van der Waals surface area contributed by atoms with Crippen LogP contribution < -0.4 is 5.32 Å². The van der Waals surface area contributed by atoms with Gasteiger partial charge in [0, 0.05) is 24.5 Å². The van der Waals surface area contributed by atoms with Gasteiger partial charge in [0.2, 0.25) is 5.91 Å². The van der Waals surface area contributed by atoms with Crippen LogP contribution in [0.4, 0.5) is 0 Å². The number of pyridine rings is 1. The van der Waals surface area contributed by atoms with Gasteiger partial charge in [-0.15, -0.1) is 0 Å². The molecular formula is C19H26N2O. The fourth-order valence-electron chi connectivity index (χ4n) is 2.57. The summed E-state index contributed by atoms with van der Waals surface area (Å²) in [6.07, 6.45) is 9.73. The van der Waals surface area contributed by atoms with Crippen LogP contribution >= 0.6 is 0 Å². The molecule has 0 spiro atoms. The highest BCUT2D eigenvalue weighted by molar-refractivity contribution is 5.79. The van der Waals surface area contributed by atoms with E-state index in [0.29, 0.717) is 13.0 Å². The molecule has 1 aromatic carbocycles. The number of aromatic nitrogens is 1. The molecule has 0 aliphatic rings. The third-order valence-corrected chi connectivity index (χ3v) is 3.89. The Labute approximate surface area is 133 Å². The van der Waals surface area contributed by atoms with Crippen molar-refractivity contribution < 1.29 is 4.79 Å². The fraction of sp³-hybridized carbons (Fsp3) is 0.474. The first kappa shape index (κ1) is 16.5. The molecule has 1 amide bonds. The fourth-order valence-corrected chi connectivity index (χ4v) is 2.57. The number of hydrogen-bond donors (Lipinski definition) is 1. The van der Waals surface area contributed by atoms with E-state index in [1.807, 2.05) is 30.5 Å². The molecule has 2 rings (SSSR count). The number of amides is 1. The molecule has 0 radical (unpaired) electrons. The summed E-state index contributed by atoms with van der Waals surface area (Å²) in [6.45, 7) is 2.78. The van der Waals surface area contributed by atoms with Gasteiger partial charge in [-0.2, -0.15) is 0 Å². The van der Waals surface area contributed by atoms with Gasteiger partial charge in [0.05, 0.1) is 5.52 Å². The van der Waals surface area contributed by atoms with Crippen molar-refractivity contribution >= 4 is 16.8 Å². The van der Waals surface area contributed by atoms with Crippen LogP contribution in [0.15, 0.2) is 36.5 Å². The Morgan fingerprint density at radius 3 is 2.73 bits per heavy atom. The van der Waals surface area contributed by atoms with Gasteiger partial charge >= 0.3 is 0 Å². The van der Waals surface area contributed by atoms with Crippen LogP contribution in [0.5, 0.6) is 0 Å². The number of carbonyl (C=O) groups is 1. The predicted octanol–water partition coefficient (Wildman–Crippen LogP) is 4.60. The highest BCUT2D eigenvalue weighted by Gasteiger charge is 2.02. The number of fused-ring (bicyclic) bond motifs is 1. The zero-order chi connectivity index (χ0) is 15.6. The Morgan fingerprint density at radius 2 is 1.86 bits per heavy atom. The molecule has 0 fully saturated rings. The van der Waals surface area contributed by atoms with Crippen LogP contribution in [-0.2, 0) is 11.3 Å². The Bertz CT molecular complexity index is 595. The smallest absolute Gasteiger partial charge is 0.220 e. The van der Waals surface area contributed by atoms with Crippen LogP contribution in [0.2, 0.25) is 0 Å². The number of benzene rings is 1. The second-order valence-electron chi connectivity index (χ2n) is 5.83. The van der Waals surface area contributed by atoms with Crippen molar-refractivity contribution in [1.82, 2.24) is 10.3 Å². The Kier molecular flexibility index (Phi) is 6.88. The predicted molar refractivity (Wildman–Crippen MR) is 91.6 cm³/mol. The number of unbranched alkanes of at least 4 members (excludes halogenated alkanes) is 5. The molecule has 3 nitrogen and oxygen atoms in total. The molecule has 0 saturated heterocycles. The van der Waals surface area contributed by atoms with E-state index in [2.05, 4.69) is 23.3 Å². The summed E-state index contributed by atoms with van der Waals surface area (Å²) in [5.41, 5.74) is 2.04. The Morgan fingerprint density at radius 1 is 1.09 bits per heavy atom. The number of carbonyl (C=O) groups excluding carboxylic acids is 1. The van der Waals surface area contributed by atoms with Crippen molar-refractivity contribution in [3.05, 3.63) is 42.1 Å². The van der Waals surface area contributed by atoms with Gasteiger partial charge in [0.15, 0.2) is 0 Å². The molecule has 0 saturated carbocycles. The van der Waals surface area contributed by atoms with Crippen molar-refractivity contribution in [3.8, 4) is 0 Å². The Hall–Kier alpha value is -1.90. The summed E-state index contributed by atoms with van der Waals surface area (Å²) in [7, 11) is 0. The minimum atomic E-state index is 0.142. The molecule has 2 aromatic rings. The highest BCUT2D eigenvalue weighted by atomic mass is 16.1. The lowest BCUT2D eigenvalue weighted by Crippen LogP contribution is -2.22. The topological polar surface area (TPSA) is 42.0 Å². The van der Waals surface area contributed by atoms with E-state index >= 15 is 0 Å². The van der Waals surface area contributed by atoms with E-state index in [-0.39, 0.29) is 5.91 Å². The van der Waals surface area contributed by atoms with Crippen molar-refractivity contribution in [2.45, 2.75) is 58.4 Å². The molecule has 0 atom stereocenters. The standard InChI is InChI=1S/C19H26N2O/c1-2-3-4-5-6-7-12-19(22)21-15-16-13-17-10-8-9-11-18(17)20-14-16/h8-11,13-14H,2-7,12,15H2,1H3,(H,21,22). The zero-order valence-electron chi connectivity index (χ0n) is 13.5. The van der Waals surface area contributed by atoms with E-state index in [0.717, 1.165) is 29.3 Å². The second-order valence-corrected chi connectivity index (χ2v) is 5.83. The van der Waals surface area contributed by atoms with Crippen LogP contribution in [0.1, 0.15) is 57.4 Å². The molecule has 0 aliphatic heterocycles. The number of hydrogen-bond acceptors (Lipinski definition) is 2. The summed E-state index contributed by atoms with van der Waals surface area (Å²) in [5, 5.41) is 4.10. The van der Waals surface area contributed by atoms with Gasteiger partial charge in [-0.25, -0.2) is 0 Å². The molecule has 0 unspecified atom stereocenters. The monoisotopic (exact) mass is 298 g/mol. The van der Waals surface area contributed by atoms with Gasteiger partial charge in [0.25, 0.3) is 0 Å². The lowest BCUT2D eigenvalue weighted by atomic mass is 10.1. The number of rotatable bonds is 9. The van der Waals surface area contributed by atoms with E-state index < -0.39 is 0 Å². The molecule has 3 heteroatoms. The zero-order valence-corrected chi connectivity index (χ0v) is 13.5. The maximum Gasteiger partial charge on any atom is 0.220 e. The normalized spacial score (nSPS) is 10.8. The second kappa shape index (κ2) is 9.19. The minimum absolute atomic E-state index is 0.142. The van der Waals surface area contributed by atoms with E-state index in [4.69, 9.17) is 0 Å². The molecule has 1 N–H and O–H groups in total. The van der Waals surface area contributed by atoms with Crippen LogP contribution in [-0.4, -0.2) is 10.9 Å². The van der Waals surface area contributed by atoms with Crippen molar-refractivity contribution in [3.63, 3.8) is 0 Å². The largest absolute Gasteiger partial charge is 0.352 e. The van der Waals surface area contributed by atoms with Crippen molar-refractivity contribution in [2.24, 2.45) is 0 Å². The van der Waals surface area contributed by atoms with Gasteiger partial charge in [-0.05, 0) is 24.1 Å². The first-order valence-corrected chi connectivity index (χ1v) is 8.40. The SMILES string of the molecule is CCCCCCCCC(=O)NCc1cnc2ccccc2c1. The first-order chi connectivity index (χ1) is 10.8. The summed E-state index contributed by atoms with van der Waals surface area (Å²) in [4.78, 5) is 16.2. The van der Waals surface area contributed by atoms with Crippen molar-refractivity contribution in [1.29, 1.82) is 0 Å². The lowest BCUT2D eigenvalue weighted by molar-refractivity contribution is -0.121. The number of nitrogens with zero attached hydrogens (tertiary/aromatic N) is 1. The molecule has 1 aromatic heterocycles. The van der Waals surface area contributed by atoms with Crippen molar-refractivity contribution in [2.75, 3.05) is 0 Å². The van der Waals surface area contributed by atoms with E-state index in [1.165, 1.54) is 25.7 Å². The van der Waals surface area contributed by atoms with Gasteiger partial charge in [0.1, 0.15) is 0 Å². The van der Waals surface area contributed by atoms with E-state index in [1.54, 1.807) is 0 Å². The molecule has 0 bridgehead atoms. The van der Waals surface area contributed by atoms with E-state index in [9.17, 15) is 4.79 Å². The minimum Gasteiger partial charge on any atom is -0.352 e. The summed E-state index contributed by atoms with van der Waals surface area (Å²) >= 11 is 0. The average molecular weight is 298 g/mol. The number of nitrogens with one attached hydrogen (secondary N) is 1. The maximum atomic E-state index is 11.8. The molecular weight excluding hydrogens is 272 g/mol. The highest BCUT2D eigenvalue weighted by Crippen LogP contribution is 2.12. The van der Waals surface area contributed by atoms with Crippen LogP contribution in [0.25, 0.3) is 10.9 Å². The average Bonchev–Trinajstić information content (AvgIpc) is 2.56. The first-order valence-electron chi connectivity index (χ1n) is 8.40. The summed E-state index contributed by atoms with van der Waals surface area (Å²) in [6, 6.07) is 10.1. The summed E-state index contributed by atoms with van der Waals surface area (Å²) in [5.74, 6) is 0.142. The molecule has 0 aliphatic carbocycles. The van der Waals surface area contributed by atoms with Gasteiger partial charge in [-0.1, -0.05) is 57.2 Å². The van der Waals surface area contributed by atoms with Crippen LogP contribution in [0, 0.1) is 0 Å². The van der Waals surface area contributed by atoms with Gasteiger partial charge < -0.3 is 5.32 Å². The summed E-state index contributed by atoms with van der Waals surface area (Å²) < 4.78 is 0. The third kappa shape index (κ3) is 5.47. The maximum absolute atomic E-state index is 11.8. The quantitative estimate of drug-likeness (QED) is 0.687. The van der Waals surface area contributed by atoms with Crippen LogP contribution in [0.3, 0.4) is 0 Å². The van der Waals surface area contributed by atoms with Gasteiger partial charge in [-0.3, -0.25) is 9.78 Å². The molecule has 118 valence electrons. The lowest BCUT2D eigenvalue weighted by Gasteiger charge is -2.06. The number of para-hydroxylation sites is 1. The molecule has 1 heterocycles. The molecule has 22 heavy (non-hydrogen) atoms. The Balaban J connectivity index is 1.69. The third-order valence-electron chi connectivity index (χ3n) is 3.89.